The molecule has 0 amide bonds. The summed E-state index contributed by atoms with van der Waals surface area (Å²) in [5.74, 6) is -0.515. The highest BCUT2D eigenvalue weighted by Gasteiger charge is 2.53. The highest BCUT2D eigenvalue weighted by molar-refractivity contribution is 9.10. The van der Waals surface area contributed by atoms with Crippen molar-refractivity contribution in [1.82, 2.24) is 0 Å². The Morgan fingerprint density at radius 1 is 1.61 bits per heavy atom. The molecular formula is C12H11BrCl2O3. The number of benzene rings is 1. The van der Waals surface area contributed by atoms with Crippen LogP contribution in [0.15, 0.2) is 22.7 Å². The maximum Gasteiger partial charge on any atom is 0.344 e. The molecule has 2 atom stereocenters. The van der Waals surface area contributed by atoms with Gasteiger partial charge in [0.1, 0.15) is 10.1 Å². The van der Waals surface area contributed by atoms with Crippen molar-refractivity contribution in [2.24, 2.45) is 0 Å². The molecule has 0 aliphatic heterocycles. The number of hydrogen-bond acceptors (Lipinski definition) is 2. The predicted molar refractivity (Wildman–Crippen MR) is 73.7 cm³/mol. The summed E-state index contributed by atoms with van der Waals surface area (Å²) < 4.78 is 5.52. The van der Waals surface area contributed by atoms with Gasteiger partial charge in [-0.2, -0.15) is 0 Å². The first kappa shape index (κ1) is 14.0. The van der Waals surface area contributed by atoms with Gasteiger partial charge < -0.3 is 9.84 Å². The zero-order valence-corrected chi connectivity index (χ0v) is 12.6. The molecule has 98 valence electrons. The molecule has 0 radical (unpaired) electrons. The monoisotopic (exact) mass is 352 g/mol. The molecule has 0 heterocycles. The SMILES string of the molecule is CC(Oc1ccc(Br)cc1C1CC1(Cl)Cl)C(=O)O. The highest BCUT2D eigenvalue weighted by atomic mass is 79.9. The van der Waals surface area contributed by atoms with Gasteiger partial charge in [-0.05, 0) is 31.5 Å². The van der Waals surface area contributed by atoms with Crippen LogP contribution >= 0.6 is 39.1 Å². The lowest BCUT2D eigenvalue weighted by Gasteiger charge is -2.15. The Bertz CT molecular complexity index is 490. The van der Waals surface area contributed by atoms with Gasteiger partial charge in [-0.25, -0.2) is 4.79 Å². The van der Waals surface area contributed by atoms with E-state index in [2.05, 4.69) is 15.9 Å². The van der Waals surface area contributed by atoms with Crippen molar-refractivity contribution in [1.29, 1.82) is 0 Å². The van der Waals surface area contributed by atoms with Crippen molar-refractivity contribution in [2.75, 3.05) is 0 Å². The predicted octanol–water partition coefficient (Wildman–Crippen LogP) is 3.96. The Hall–Kier alpha value is -0.450. The molecule has 1 aliphatic rings. The van der Waals surface area contributed by atoms with E-state index in [1.54, 1.807) is 12.1 Å². The smallest absolute Gasteiger partial charge is 0.344 e. The maximum absolute atomic E-state index is 10.8. The number of aliphatic carboxylic acids is 1. The number of ether oxygens (including phenoxy) is 1. The molecule has 0 bridgehead atoms. The molecule has 1 fully saturated rings. The van der Waals surface area contributed by atoms with Crippen LogP contribution in [0.2, 0.25) is 0 Å². The van der Waals surface area contributed by atoms with Gasteiger partial charge in [-0.1, -0.05) is 15.9 Å². The average Bonchev–Trinajstić information content (AvgIpc) is 2.90. The molecule has 0 aromatic heterocycles. The molecule has 0 saturated heterocycles. The Balaban J connectivity index is 2.27. The minimum Gasteiger partial charge on any atom is -0.479 e. The summed E-state index contributed by atoms with van der Waals surface area (Å²) >= 11 is 15.5. The van der Waals surface area contributed by atoms with E-state index in [4.69, 9.17) is 33.0 Å². The Morgan fingerprint density at radius 3 is 2.72 bits per heavy atom. The van der Waals surface area contributed by atoms with Crippen LogP contribution in [0, 0.1) is 0 Å². The minimum atomic E-state index is -1.01. The Labute approximate surface area is 123 Å². The van der Waals surface area contributed by atoms with E-state index in [1.807, 2.05) is 6.07 Å². The topological polar surface area (TPSA) is 46.5 Å². The van der Waals surface area contributed by atoms with Gasteiger partial charge in [-0.3, -0.25) is 0 Å². The lowest BCUT2D eigenvalue weighted by atomic mass is 10.1. The zero-order chi connectivity index (χ0) is 13.5. The minimum absolute atomic E-state index is 0.0191. The van der Waals surface area contributed by atoms with Crippen molar-refractivity contribution in [3.05, 3.63) is 28.2 Å². The number of halogens is 3. The fourth-order valence-corrected chi connectivity index (χ4v) is 2.61. The van der Waals surface area contributed by atoms with Crippen LogP contribution in [-0.4, -0.2) is 21.5 Å². The molecule has 1 aromatic rings. The molecule has 6 heteroatoms. The van der Waals surface area contributed by atoms with E-state index >= 15 is 0 Å². The average molecular weight is 354 g/mol. The zero-order valence-electron chi connectivity index (χ0n) is 9.49. The molecule has 1 aliphatic carbocycles. The molecule has 1 saturated carbocycles. The van der Waals surface area contributed by atoms with E-state index in [-0.39, 0.29) is 5.92 Å². The number of carboxylic acid groups (broad SMARTS) is 1. The summed E-state index contributed by atoms with van der Waals surface area (Å²) in [6.07, 6.45) is -0.270. The first-order valence-electron chi connectivity index (χ1n) is 5.38. The van der Waals surface area contributed by atoms with Crippen LogP contribution in [-0.2, 0) is 4.79 Å². The largest absolute Gasteiger partial charge is 0.479 e. The van der Waals surface area contributed by atoms with Gasteiger partial charge in [-0.15, -0.1) is 23.2 Å². The summed E-state index contributed by atoms with van der Waals surface area (Å²) in [5, 5.41) is 8.86. The molecule has 3 nitrogen and oxygen atoms in total. The van der Waals surface area contributed by atoms with E-state index in [0.29, 0.717) is 12.2 Å². The van der Waals surface area contributed by atoms with E-state index in [0.717, 1.165) is 10.0 Å². The van der Waals surface area contributed by atoms with E-state index in [9.17, 15) is 4.79 Å². The van der Waals surface area contributed by atoms with Gasteiger partial charge in [0.05, 0.1) is 0 Å². The van der Waals surface area contributed by atoms with Gasteiger partial charge in [0.15, 0.2) is 6.10 Å². The molecule has 0 spiro atoms. The van der Waals surface area contributed by atoms with Crippen LogP contribution in [0.25, 0.3) is 0 Å². The van der Waals surface area contributed by atoms with Crippen LogP contribution in [0.5, 0.6) is 5.75 Å². The second-order valence-electron chi connectivity index (χ2n) is 4.30. The van der Waals surface area contributed by atoms with Gasteiger partial charge in [0, 0.05) is 16.0 Å². The number of hydrogen-bond donors (Lipinski definition) is 1. The van der Waals surface area contributed by atoms with Crippen molar-refractivity contribution < 1.29 is 14.6 Å². The summed E-state index contributed by atoms with van der Waals surface area (Å²) in [6, 6.07) is 5.38. The first-order chi connectivity index (χ1) is 8.31. The van der Waals surface area contributed by atoms with E-state index < -0.39 is 16.4 Å². The number of rotatable bonds is 4. The van der Waals surface area contributed by atoms with Crippen LogP contribution in [0.3, 0.4) is 0 Å². The first-order valence-corrected chi connectivity index (χ1v) is 6.93. The highest BCUT2D eigenvalue weighted by Crippen LogP contribution is 2.61. The lowest BCUT2D eigenvalue weighted by Crippen LogP contribution is -2.23. The molecule has 2 rings (SSSR count). The Morgan fingerprint density at radius 2 is 2.22 bits per heavy atom. The van der Waals surface area contributed by atoms with Crippen LogP contribution in [0.1, 0.15) is 24.8 Å². The fraction of sp³-hybridized carbons (Fsp3) is 0.417. The van der Waals surface area contributed by atoms with Crippen molar-refractivity contribution in [3.63, 3.8) is 0 Å². The van der Waals surface area contributed by atoms with Crippen molar-refractivity contribution in [2.45, 2.75) is 29.7 Å². The molecular weight excluding hydrogens is 343 g/mol. The van der Waals surface area contributed by atoms with Crippen LogP contribution in [0.4, 0.5) is 0 Å². The third-order valence-corrected chi connectivity index (χ3v) is 4.15. The van der Waals surface area contributed by atoms with Gasteiger partial charge in [0.2, 0.25) is 0 Å². The number of carboxylic acids is 1. The molecule has 18 heavy (non-hydrogen) atoms. The third kappa shape index (κ3) is 2.92. The second kappa shape index (κ2) is 4.91. The molecule has 1 N–H and O–H groups in total. The van der Waals surface area contributed by atoms with Crippen LogP contribution < -0.4 is 4.74 Å². The Kier molecular flexibility index (Phi) is 3.81. The number of carbonyl (C=O) groups is 1. The molecule has 1 aromatic carbocycles. The van der Waals surface area contributed by atoms with E-state index in [1.165, 1.54) is 6.92 Å². The summed E-state index contributed by atoms with van der Waals surface area (Å²) in [5.41, 5.74) is 0.836. The summed E-state index contributed by atoms with van der Waals surface area (Å²) in [4.78, 5) is 10.8. The fourth-order valence-electron chi connectivity index (χ4n) is 1.69. The van der Waals surface area contributed by atoms with Crippen molar-refractivity contribution in [3.8, 4) is 5.75 Å². The summed E-state index contributed by atoms with van der Waals surface area (Å²) in [7, 11) is 0. The van der Waals surface area contributed by atoms with Gasteiger partial charge in [0.25, 0.3) is 0 Å². The maximum atomic E-state index is 10.8. The number of alkyl halides is 2. The van der Waals surface area contributed by atoms with Gasteiger partial charge >= 0.3 is 5.97 Å². The quantitative estimate of drug-likeness (QED) is 0.833. The third-order valence-electron chi connectivity index (χ3n) is 2.82. The standard InChI is InChI=1S/C12H11BrCl2O3/c1-6(11(16)17)18-10-3-2-7(13)4-8(10)9-5-12(9,14)15/h2-4,6,9H,5H2,1H3,(H,16,17). The molecule has 2 unspecified atom stereocenters. The summed E-state index contributed by atoms with van der Waals surface area (Å²) in [6.45, 7) is 1.48. The second-order valence-corrected chi connectivity index (χ2v) is 6.76. The van der Waals surface area contributed by atoms with Crippen molar-refractivity contribution >= 4 is 45.1 Å². The lowest BCUT2D eigenvalue weighted by molar-refractivity contribution is -0.144. The normalized spacial score (nSPS) is 22.3.